The molecule has 0 spiro atoms. The van der Waals surface area contributed by atoms with Crippen LogP contribution in [0.1, 0.15) is 31.4 Å². The second kappa shape index (κ2) is 6.55. The zero-order chi connectivity index (χ0) is 19.2. The summed E-state index contributed by atoms with van der Waals surface area (Å²) in [6.45, 7) is 4.52. The molecule has 0 aromatic heterocycles. The van der Waals surface area contributed by atoms with Gasteiger partial charge in [0.2, 0.25) is 11.8 Å². The van der Waals surface area contributed by atoms with Crippen molar-refractivity contribution in [1.82, 2.24) is 15.1 Å². The van der Waals surface area contributed by atoms with Crippen molar-refractivity contribution in [3.8, 4) is 5.75 Å². The van der Waals surface area contributed by atoms with Crippen LogP contribution in [0.15, 0.2) is 18.2 Å². The number of hydrogen-bond donors (Lipinski definition) is 1. The predicted molar refractivity (Wildman–Crippen MR) is 98.3 cm³/mol. The van der Waals surface area contributed by atoms with Crippen molar-refractivity contribution in [2.45, 2.75) is 44.8 Å². The molecular formula is C20H25N3O4. The molecule has 2 aliphatic heterocycles. The highest BCUT2D eigenvalue weighted by atomic mass is 16.5. The molecule has 7 heteroatoms. The molecule has 27 heavy (non-hydrogen) atoms. The second-order valence-electron chi connectivity index (χ2n) is 7.97. The maximum absolute atomic E-state index is 13.1. The van der Waals surface area contributed by atoms with Crippen LogP contribution in [0.2, 0.25) is 0 Å². The minimum atomic E-state index is -1.05. The quantitative estimate of drug-likeness (QED) is 0.839. The molecule has 0 bridgehead atoms. The maximum Gasteiger partial charge on any atom is 0.266 e. The molecule has 1 aromatic rings. The summed E-state index contributed by atoms with van der Waals surface area (Å²) >= 11 is 0. The molecule has 2 fully saturated rings. The van der Waals surface area contributed by atoms with Crippen LogP contribution in [-0.4, -0.2) is 65.3 Å². The van der Waals surface area contributed by atoms with Crippen molar-refractivity contribution >= 4 is 17.7 Å². The van der Waals surface area contributed by atoms with E-state index >= 15 is 0 Å². The highest BCUT2D eigenvalue weighted by molar-refractivity contribution is 5.96. The van der Waals surface area contributed by atoms with E-state index in [1.807, 2.05) is 12.1 Å². The molecule has 0 radical (unpaired) electrons. The number of ether oxygens (including phenoxy) is 1. The molecule has 1 aliphatic carbocycles. The van der Waals surface area contributed by atoms with Gasteiger partial charge in [-0.1, -0.05) is 6.07 Å². The summed E-state index contributed by atoms with van der Waals surface area (Å²) in [6.07, 6.45) is 3.31. The van der Waals surface area contributed by atoms with Crippen LogP contribution in [0, 0.1) is 0 Å². The fraction of sp³-hybridized carbons (Fsp3) is 0.550. The van der Waals surface area contributed by atoms with E-state index in [1.165, 1.54) is 11.1 Å². The van der Waals surface area contributed by atoms with Crippen LogP contribution in [0.4, 0.5) is 0 Å². The van der Waals surface area contributed by atoms with E-state index in [-0.39, 0.29) is 30.8 Å². The Bertz CT molecular complexity index is 804. The smallest absolute Gasteiger partial charge is 0.266 e. The Hall–Kier alpha value is -2.57. The van der Waals surface area contributed by atoms with Crippen LogP contribution >= 0.6 is 0 Å². The molecule has 4 rings (SSSR count). The van der Waals surface area contributed by atoms with Crippen LogP contribution in [0.25, 0.3) is 0 Å². The minimum Gasteiger partial charge on any atom is -0.478 e. The van der Waals surface area contributed by atoms with E-state index in [2.05, 4.69) is 11.4 Å². The lowest BCUT2D eigenvalue weighted by molar-refractivity contribution is -0.157. The third kappa shape index (κ3) is 3.26. The van der Waals surface area contributed by atoms with E-state index in [9.17, 15) is 14.4 Å². The minimum absolute atomic E-state index is 0.0379. The lowest BCUT2D eigenvalue weighted by atomic mass is 10.0. The largest absolute Gasteiger partial charge is 0.478 e. The summed E-state index contributed by atoms with van der Waals surface area (Å²) in [5.41, 5.74) is 1.60. The van der Waals surface area contributed by atoms with E-state index < -0.39 is 11.6 Å². The first-order valence-corrected chi connectivity index (χ1v) is 9.52. The molecule has 1 atom stereocenters. The summed E-state index contributed by atoms with van der Waals surface area (Å²) in [6, 6.07) is 5.42. The van der Waals surface area contributed by atoms with Crippen LogP contribution in [0.3, 0.4) is 0 Å². The Labute approximate surface area is 158 Å². The molecule has 144 valence electrons. The lowest BCUT2D eigenvalue weighted by Crippen LogP contribution is -2.68. The van der Waals surface area contributed by atoms with Gasteiger partial charge in [0.15, 0.2) is 5.60 Å². The van der Waals surface area contributed by atoms with E-state index in [4.69, 9.17) is 4.74 Å². The molecular weight excluding hydrogens is 346 g/mol. The summed E-state index contributed by atoms with van der Waals surface area (Å²) in [7, 11) is 0. The number of rotatable bonds is 3. The number of benzene rings is 1. The van der Waals surface area contributed by atoms with Gasteiger partial charge in [0.25, 0.3) is 5.91 Å². The van der Waals surface area contributed by atoms with Crippen molar-refractivity contribution < 1.29 is 19.1 Å². The third-order valence-corrected chi connectivity index (χ3v) is 5.66. The standard InChI is InChI=1S/C20H25N3O4/c1-20(2,27-15-7-6-13-4-3-5-14(13)10-15)19(26)22-8-9-23-16(12-22)18(25)21-11-17(23)24/h6-7,10,16H,3-5,8-9,11-12H2,1-2H3,(H,21,25). The number of fused-ring (bicyclic) bond motifs is 2. The van der Waals surface area contributed by atoms with Gasteiger partial charge in [-0.25, -0.2) is 0 Å². The Morgan fingerprint density at radius 1 is 1.19 bits per heavy atom. The molecule has 3 amide bonds. The fourth-order valence-electron chi connectivity index (χ4n) is 4.20. The fourth-order valence-corrected chi connectivity index (χ4v) is 4.20. The van der Waals surface area contributed by atoms with Gasteiger partial charge >= 0.3 is 0 Å². The molecule has 7 nitrogen and oxygen atoms in total. The predicted octanol–water partition coefficient (Wildman–Crippen LogP) is 0.502. The number of aryl methyl sites for hydroxylation is 2. The zero-order valence-electron chi connectivity index (χ0n) is 15.8. The number of amides is 3. The summed E-state index contributed by atoms with van der Waals surface area (Å²) in [5.74, 6) is 0.219. The molecule has 1 aromatic carbocycles. The topological polar surface area (TPSA) is 79.0 Å². The normalized spacial score (nSPS) is 22.2. The van der Waals surface area contributed by atoms with Crippen LogP contribution in [-0.2, 0) is 27.2 Å². The SMILES string of the molecule is CC(C)(Oc1ccc2c(c1)CCC2)C(=O)N1CCN2C(=O)CNC(=O)C2C1. The van der Waals surface area contributed by atoms with Gasteiger partial charge in [-0.15, -0.1) is 0 Å². The molecule has 2 saturated heterocycles. The Kier molecular flexibility index (Phi) is 4.32. The van der Waals surface area contributed by atoms with Crippen LogP contribution < -0.4 is 10.1 Å². The van der Waals surface area contributed by atoms with Gasteiger partial charge in [-0.05, 0) is 56.4 Å². The summed E-state index contributed by atoms with van der Waals surface area (Å²) < 4.78 is 6.05. The Morgan fingerprint density at radius 3 is 2.78 bits per heavy atom. The van der Waals surface area contributed by atoms with Gasteiger partial charge in [0.1, 0.15) is 11.8 Å². The highest BCUT2D eigenvalue weighted by Crippen LogP contribution is 2.29. The number of nitrogens with zero attached hydrogens (tertiary/aromatic N) is 2. The maximum atomic E-state index is 13.1. The number of nitrogens with one attached hydrogen (secondary N) is 1. The Balaban J connectivity index is 1.46. The second-order valence-corrected chi connectivity index (χ2v) is 7.97. The number of carbonyl (C=O) groups excluding carboxylic acids is 3. The van der Waals surface area contributed by atoms with Crippen molar-refractivity contribution in [3.05, 3.63) is 29.3 Å². The molecule has 1 N–H and O–H groups in total. The van der Waals surface area contributed by atoms with Crippen molar-refractivity contribution in [1.29, 1.82) is 0 Å². The molecule has 0 saturated carbocycles. The average molecular weight is 371 g/mol. The Morgan fingerprint density at radius 2 is 1.96 bits per heavy atom. The van der Waals surface area contributed by atoms with Crippen molar-refractivity contribution in [2.75, 3.05) is 26.2 Å². The van der Waals surface area contributed by atoms with Gasteiger partial charge < -0.3 is 19.9 Å². The zero-order valence-corrected chi connectivity index (χ0v) is 15.8. The monoisotopic (exact) mass is 371 g/mol. The van der Waals surface area contributed by atoms with Gasteiger partial charge in [-0.3, -0.25) is 14.4 Å². The van der Waals surface area contributed by atoms with E-state index in [1.54, 1.807) is 23.6 Å². The number of piperazine rings is 2. The third-order valence-electron chi connectivity index (χ3n) is 5.66. The van der Waals surface area contributed by atoms with Gasteiger partial charge in [0, 0.05) is 13.1 Å². The summed E-state index contributed by atoms with van der Waals surface area (Å²) in [4.78, 5) is 40.4. The number of hydrogen-bond acceptors (Lipinski definition) is 4. The molecule has 2 heterocycles. The number of carbonyl (C=O) groups is 3. The molecule has 3 aliphatic rings. The van der Waals surface area contributed by atoms with Gasteiger partial charge in [0.05, 0.1) is 13.1 Å². The first kappa shape index (κ1) is 17.8. The van der Waals surface area contributed by atoms with E-state index in [0.717, 1.165) is 19.3 Å². The first-order chi connectivity index (χ1) is 12.8. The summed E-state index contributed by atoms with van der Waals surface area (Å²) in [5, 5.41) is 2.59. The first-order valence-electron chi connectivity index (χ1n) is 9.52. The average Bonchev–Trinajstić information content (AvgIpc) is 3.11. The van der Waals surface area contributed by atoms with E-state index in [0.29, 0.717) is 18.8 Å². The van der Waals surface area contributed by atoms with Crippen molar-refractivity contribution in [2.24, 2.45) is 0 Å². The highest BCUT2D eigenvalue weighted by Gasteiger charge is 2.43. The molecule has 1 unspecified atom stereocenters. The lowest BCUT2D eigenvalue weighted by Gasteiger charge is -2.44. The van der Waals surface area contributed by atoms with Crippen LogP contribution in [0.5, 0.6) is 5.75 Å². The van der Waals surface area contributed by atoms with Crippen molar-refractivity contribution in [3.63, 3.8) is 0 Å². The van der Waals surface area contributed by atoms with Gasteiger partial charge in [-0.2, -0.15) is 0 Å².